The number of hydrogen-bond acceptors (Lipinski definition) is 3. The van der Waals surface area contributed by atoms with Crippen molar-refractivity contribution in [2.45, 2.75) is 6.54 Å². The molecular formula is C13H11ClN2O2. The largest absolute Gasteiger partial charge is 0.476 e. The lowest BCUT2D eigenvalue weighted by Crippen LogP contribution is -2.08. The van der Waals surface area contributed by atoms with Gasteiger partial charge in [-0.15, -0.1) is 0 Å². The molecule has 0 amide bonds. The lowest BCUT2D eigenvalue weighted by Gasteiger charge is -2.08. The summed E-state index contributed by atoms with van der Waals surface area (Å²) in [6.45, 7) is 0.493. The number of carboxylic acid groups (broad SMARTS) is 1. The van der Waals surface area contributed by atoms with E-state index in [0.29, 0.717) is 17.3 Å². The Morgan fingerprint density at radius 3 is 2.89 bits per heavy atom. The van der Waals surface area contributed by atoms with Crippen LogP contribution in [0, 0.1) is 0 Å². The molecule has 5 heteroatoms. The van der Waals surface area contributed by atoms with Crippen molar-refractivity contribution in [1.82, 2.24) is 4.98 Å². The molecule has 0 saturated carbocycles. The van der Waals surface area contributed by atoms with Gasteiger partial charge in [-0.05, 0) is 29.8 Å². The molecule has 2 rings (SSSR count). The van der Waals surface area contributed by atoms with Crippen molar-refractivity contribution in [3.05, 3.63) is 58.9 Å². The van der Waals surface area contributed by atoms with Crippen LogP contribution in [-0.4, -0.2) is 16.1 Å². The van der Waals surface area contributed by atoms with Gasteiger partial charge in [0.25, 0.3) is 0 Å². The number of anilines is 1. The molecule has 0 atom stereocenters. The van der Waals surface area contributed by atoms with Gasteiger partial charge in [-0.2, -0.15) is 0 Å². The van der Waals surface area contributed by atoms with Gasteiger partial charge in [-0.25, -0.2) is 9.78 Å². The van der Waals surface area contributed by atoms with Gasteiger partial charge >= 0.3 is 5.97 Å². The van der Waals surface area contributed by atoms with E-state index in [1.165, 1.54) is 6.20 Å². The van der Waals surface area contributed by atoms with Gasteiger partial charge in [0.15, 0.2) is 5.69 Å². The van der Waals surface area contributed by atoms with Gasteiger partial charge in [-0.3, -0.25) is 0 Å². The number of benzene rings is 1. The van der Waals surface area contributed by atoms with Crippen molar-refractivity contribution in [2.75, 3.05) is 5.32 Å². The average molecular weight is 263 g/mol. The minimum Gasteiger partial charge on any atom is -0.476 e. The van der Waals surface area contributed by atoms with Gasteiger partial charge < -0.3 is 10.4 Å². The Labute approximate surface area is 109 Å². The summed E-state index contributed by atoms with van der Waals surface area (Å²) >= 11 is 5.87. The van der Waals surface area contributed by atoms with Crippen LogP contribution in [0.1, 0.15) is 16.1 Å². The molecule has 1 heterocycles. The summed E-state index contributed by atoms with van der Waals surface area (Å²) in [4.78, 5) is 14.8. The Morgan fingerprint density at radius 1 is 1.33 bits per heavy atom. The van der Waals surface area contributed by atoms with Gasteiger partial charge in [0.05, 0.1) is 5.69 Å². The molecule has 92 valence electrons. The SMILES string of the molecule is O=C(O)c1ncccc1NCc1cccc(Cl)c1. The van der Waals surface area contributed by atoms with E-state index in [2.05, 4.69) is 10.3 Å². The normalized spacial score (nSPS) is 10.1. The van der Waals surface area contributed by atoms with Gasteiger partial charge in [-0.1, -0.05) is 23.7 Å². The Bertz CT molecular complexity index is 572. The van der Waals surface area contributed by atoms with E-state index in [1.807, 2.05) is 18.2 Å². The summed E-state index contributed by atoms with van der Waals surface area (Å²) in [7, 11) is 0. The highest BCUT2D eigenvalue weighted by Gasteiger charge is 2.10. The van der Waals surface area contributed by atoms with E-state index < -0.39 is 5.97 Å². The first-order chi connectivity index (χ1) is 8.66. The number of carboxylic acids is 1. The molecule has 0 bridgehead atoms. The Kier molecular flexibility index (Phi) is 3.79. The van der Waals surface area contributed by atoms with E-state index in [0.717, 1.165) is 5.56 Å². The number of rotatable bonds is 4. The van der Waals surface area contributed by atoms with Crippen LogP contribution in [0.25, 0.3) is 0 Å². The maximum atomic E-state index is 11.0. The lowest BCUT2D eigenvalue weighted by atomic mass is 10.2. The predicted molar refractivity (Wildman–Crippen MR) is 70.0 cm³/mol. The predicted octanol–water partition coefficient (Wildman–Crippen LogP) is 3.05. The molecule has 1 aromatic carbocycles. The molecule has 0 radical (unpaired) electrons. The van der Waals surface area contributed by atoms with Crippen LogP contribution in [0.2, 0.25) is 5.02 Å². The molecular weight excluding hydrogens is 252 g/mol. The lowest BCUT2D eigenvalue weighted by molar-refractivity contribution is 0.0691. The molecule has 0 saturated heterocycles. The van der Waals surface area contributed by atoms with E-state index in [4.69, 9.17) is 16.7 Å². The van der Waals surface area contributed by atoms with Gasteiger partial charge in [0.2, 0.25) is 0 Å². The molecule has 2 N–H and O–H groups in total. The van der Waals surface area contributed by atoms with Crippen molar-refractivity contribution < 1.29 is 9.90 Å². The Hall–Kier alpha value is -2.07. The van der Waals surface area contributed by atoms with Crippen LogP contribution in [0.5, 0.6) is 0 Å². The molecule has 0 unspecified atom stereocenters. The second-order valence-electron chi connectivity index (χ2n) is 3.69. The Morgan fingerprint density at radius 2 is 2.17 bits per heavy atom. The summed E-state index contributed by atoms with van der Waals surface area (Å²) in [5, 5.41) is 12.7. The first-order valence-corrected chi connectivity index (χ1v) is 5.71. The highest BCUT2D eigenvalue weighted by Crippen LogP contribution is 2.15. The first-order valence-electron chi connectivity index (χ1n) is 5.33. The number of nitrogens with one attached hydrogen (secondary N) is 1. The third kappa shape index (κ3) is 2.99. The number of carbonyl (C=O) groups is 1. The molecule has 0 aliphatic heterocycles. The maximum absolute atomic E-state index is 11.0. The summed E-state index contributed by atoms with van der Waals surface area (Å²) in [6.07, 6.45) is 1.45. The number of halogens is 1. The molecule has 1 aromatic heterocycles. The smallest absolute Gasteiger partial charge is 0.356 e. The zero-order valence-corrected chi connectivity index (χ0v) is 10.2. The highest BCUT2D eigenvalue weighted by atomic mass is 35.5. The van der Waals surface area contributed by atoms with Crippen molar-refractivity contribution in [3.63, 3.8) is 0 Å². The van der Waals surface area contributed by atoms with Crippen LogP contribution in [-0.2, 0) is 6.54 Å². The van der Waals surface area contributed by atoms with Crippen LogP contribution in [0.15, 0.2) is 42.6 Å². The van der Waals surface area contributed by atoms with Crippen LogP contribution < -0.4 is 5.32 Å². The molecule has 18 heavy (non-hydrogen) atoms. The van der Waals surface area contributed by atoms with Crippen LogP contribution in [0.3, 0.4) is 0 Å². The van der Waals surface area contributed by atoms with Crippen molar-refractivity contribution in [1.29, 1.82) is 0 Å². The molecule has 0 fully saturated rings. The van der Waals surface area contributed by atoms with Gasteiger partial charge in [0, 0.05) is 17.8 Å². The fourth-order valence-electron chi connectivity index (χ4n) is 1.56. The molecule has 0 aliphatic rings. The second-order valence-corrected chi connectivity index (χ2v) is 4.12. The third-order valence-electron chi connectivity index (χ3n) is 2.38. The number of aromatic carboxylic acids is 1. The summed E-state index contributed by atoms with van der Waals surface area (Å²) in [6, 6.07) is 10.7. The fraction of sp³-hybridized carbons (Fsp3) is 0.0769. The standard InChI is InChI=1S/C13H11ClN2O2/c14-10-4-1-3-9(7-10)8-16-11-5-2-6-15-12(11)13(17)18/h1-7,16H,8H2,(H,17,18). The second kappa shape index (κ2) is 5.51. The minimum absolute atomic E-state index is 0.0135. The zero-order chi connectivity index (χ0) is 13.0. The third-order valence-corrected chi connectivity index (χ3v) is 2.62. The van der Waals surface area contributed by atoms with Crippen LogP contribution >= 0.6 is 11.6 Å². The van der Waals surface area contributed by atoms with Crippen molar-refractivity contribution in [2.24, 2.45) is 0 Å². The number of nitrogens with zero attached hydrogens (tertiary/aromatic N) is 1. The van der Waals surface area contributed by atoms with E-state index in [1.54, 1.807) is 18.2 Å². The molecule has 4 nitrogen and oxygen atoms in total. The minimum atomic E-state index is -1.05. The van der Waals surface area contributed by atoms with E-state index in [9.17, 15) is 4.79 Å². The summed E-state index contributed by atoms with van der Waals surface area (Å²) in [5.41, 5.74) is 1.48. The van der Waals surface area contributed by atoms with E-state index >= 15 is 0 Å². The summed E-state index contributed by atoms with van der Waals surface area (Å²) < 4.78 is 0. The van der Waals surface area contributed by atoms with Crippen molar-refractivity contribution >= 4 is 23.3 Å². The number of pyridine rings is 1. The number of hydrogen-bond donors (Lipinski definition) is 2. The molecule has 0 spiro atoms. The Balaban J connectivity index is 2.13. The highest BCUT2D eigenvalue weighted by molar-refractivity contribution is 6.30. The molecule has 0 aliphatic carbocycles. The molecule has 2 aromatic rings. The topological polar surface area (TPSA) is 62.2 Å². The van der Waals surface area contributed by atoms with Gasteiger partial charge in [0.1, 0.15) is 0 Å². The fourth-order valence-corrected chi connectivity index (χ4v) is 1.78. The quantitative estimate of drug-likeness (QED) is 0.889. The van der Waals surface area contributed by atoms with Crippen molar-refractivity contribution in [3.8, 4) is 0 Å². The van der Waals surface area contributed by atoms with Crippen LogP contribution in [0.4, 0.5) is 5.69 Å². The number of aromatic nitrogens is 1. The zero-order valence-electron chi connectivity index (χ0n) is 9.43. The average Bonchev–Trinajstić information content (AvgIpc) is 2.37. The first kappa shape index (κ1) is 12.4. The van der Waals surface area contributed by atoms with E-state index in [-0.39, 0.29) is 5.69 Å². The monoisotopic (exact) mass is 262 g/mol. The maximum Gasteiger partial charge on any atom is 0.356 e. The summed E-state index contributed by atoms with van der Waals surface area (Å²) in [5.74, 6) is -1.05.